The summed E-state index contributed by atoms with van der Waals surface area (Å²) in [5, 5.41) is 13.6. The standard InChI is InChI=1S/C13H16N2OS/c1-11(16)12-9-14-15(10-12)7-8-17-13-5-3-2-4-6-13/h2-6,9-11,16H,7-8H2,1H3. The highest BCUT2D eigenvalue weighted by Gasteiger charge is 2.03. The van der Waals surface area contributed by atoms with E-state index in [0.717, 1.165) is 17.9 Å². The van der Waals surface area contributed by atoms with E-state index in [9.17, 15) is 5.11 Å². The first-order chi connectivity index (χ1) is 8.25. The lowest BCUT2D eigenvalue weighted by Crippen LogP contribution is -2.00. The fraction of sp³-hybridized carbons (Fsp3) is 0.308. The predicted molar refractivity (Wildman–Crippen MR) is 70.0 cm³/mol. The molecule has 0 saturated heterocycles. The Kier molecular flexibility index (Phi) is 4.23. The number of rotatable bonds is 5. The number of hydrogen-bond acceptors (Lipinski definition) is 3. The number of aryl methyl sites for hydroxylation is 1. The number of thioether (sulfide) groups is 1. The Bertz CT molecular complexity index is 453. The highest BCUT2D eigenvalue weighted by Crippen LogP contribution is 2.17. The molecule has 4 heteroatoms. The average molecular weight is 248 g/mol. The minimum Gasteiger partial charge on any atom is -0.389 e. The molecule has 0 radical (unpaired) electrons. The molecule has 0 spiro atoms. The summed E-state index contributed by atoms with van der Waals surface area (Å²) in [5.41, 5.74) is 0.870. The normalized spacial score (nSPS) is 12.6. The summed E-state index contributed by atoms with van der Waals surface area (Å²) in [6.45, 7) is 2.60. The van der Waals surface area contributed by atoms with E-state index in [1.54, 1.807) is 13.1 Å². The van der Waals surface area contributed by atoms with Gasteiger partial charge in [-0.1, -0.05) is 18.2 Å². The Morgan fingerprint density at radius 3 is 2.76 bits per heavy atom. The van der Waals surface area contributed by atoms with E-state index in [2.05, 4.69) is 17.2 Å². The molecule has 0 aliphatic heterocycles. The maximum absolute atomic E-state index is 9.38. The van der Waals surface area contributed by atoms with Gasteiger partial charge in [0.05, 0.1) is 18.8 Å². The molecule has 1 aromatic heterocycles. The molecule has 0 amide bonds. The molecule has 0 aliphatic carbocycles. The van der Waals surface area contributed by atoms with Gasteiger partial charge in [0, 0.05) is 22.4 Å². The second kappa shape index (κ2) is 5.89. The van der Waals surface area contributed by atoms with Gasteiger partial charge in [-0.3, -0.25) is 4.68 Å². The van der Waals surface area contributed by atoms with Crippen LogP contribution < -0.4 is 0 Å². The molecule has 1 N–H and O–H groups in total. The van der Waals surface area contributed by atoms with Crippen molar-refractivity contribution in [2.24, 2.45) is 0 Å². The van der Waals surface area contributed by atoms with E-state index < -0.39 is 6.10 Å². The van der Waals surface area contributed by atoms with Crippen LogP contribution >= 0.6 is 11.8 Å². The van der Waals surface area contributed by atoms with Crippen LogP contribution in [0.1, 0.15) is 18.6 Å². The van der Waals surface area contributed by atoms with Crippen molar-refractivity contribution in [2.45, 2.75) is 24.5 Å². The first-order valence-electron chi connectivity index (χ1n) is 5.64. The van der Waals surface area contributed by atoms with E-state index in [1.807, 2.05) is 40.8 Å². The zero-order chi connectivity index (χ0) is 12.1. The Morgan fingerprint density at radius 1 is 1.35 bits per heavy atom. The van der Waals surface area contributed by atoms with Gasteiger partial charge in [0.1, 0.15) is 0 Å². The zero-order valence-electron chi connectivity index (χ0n) is 9.78. The SMILES string of the molecule is CC(O)c1cnn(CCSc2ccccc2)c1. The van der Waals surface area contributed by atoms with Crippen molar-refractivity contribution in [3.63, 3.8) is 0 Å². The van der Waals surface area contributed by atoms with Gasteiger partial charge in [-0.2, -0.15) is 5.10 Å². The molecule has 1 unspecified atom stereocenters. The van der Waals surface area contributed by atoms with Gasteiger partial charge in [0.25, 0.3) is 0 Å². The second-order valence-corrected chi connectivity index (χ2v) is 5.04. The highest BCUT2D eigenvalue weighted by atomic mass is 32.2. The first kappa shape index (κ1) is 12.2. The molecule has 3 nitrogen and oxygen atoms in total. The lowest BCUT2D eigenvalue weighted by Gasteiger charge is -2.02. The summed E-state index contributed by atoms with van der Waals surface area (Å²) in [6.07, 6.45) is 3.18. The third kappa shape index (κ3) is 3.61. The molecule has 0 saturated carbocycles. The predicted octanol–water partition coefficient (Wildman–Crippen LogP) is 2.73. The van der Waals surface area contributed by atoms with E-state index >= 15 is 0 Å². The smallest absolute Gasteiger partial charge is 0.0792 e. The third-order valence-electron chi connectivity index (χ3n) is 2.47. The van der Waals surface area contributed by atoms with Crippen molar-refractivity contribution in [1.29, 1.82) is 0 Å². The van der Waals surface area contributed by atoms with Crippen LogP contribution in [0.25, 0.3) is 0 Å². The molecule has 17 heavy (non-hydrogen) atoms. The van der Waals surface area contributed by atoms with Crippen LogP contribution in [-0.2, 0) is 6.54 Å². The molecule has 90 valence electrons. The van der Waals surface area contributed by atoms with Gasteiger partial charge in [0.15, 0.2) is 0 Å². The summed E-state index contributed by atoms with van der Waals surface area (Å²) < 4.78 is 1.87. The quantitative estimate of drug-likeness (QED) is 0.827. The third-order valence-corrected chi connectivity index (χ3v) is 3.46. The molecule has 0 aliphatic rings. The summed E-state index contributed by atoms with van der Waals surface area (Å²) in [6, 6.07) is 10.3. The van der Waals surface area contributed by atoms with E-state index in [0.29, 0.717) is 0 Å². The van der Waals surface area contributed by atoms with Crippen LogP contribution in [0.5, 0.6) is 0 Å². The van der Waals surface area contributed by atoms with Crippen molar-refractivity contribution in [1.82, 2.24) is 9.78 Å². The van der Waals surface area contributed by atoms with Crippen LogP contribution in [0.2, 0.25) is 0 Å². The number of hydrogen-bond donors (Lipinski definition) is 1. The Balaban J connectivity index is 1.82. The van der Waals surface area contributed by atoms with Crippen LogP contribution in [0.15, 0.2) is 47.6 Å². The monoisotopic (exact) mass is 248 g/mol. The highest BCUT2D eigenvalue weighted by molar-refractivity contribution is 7.99. The van der Waals surface area contributed by atoms with Crippen LogP contribution in [0.3, 0.4) is 0 Å². The minimum atomic E-state index is -0.439. The fourth-order valence-corrected chi connectivity index (χ4v) is 2.35. The zero-order valence-corrected chi connectivity index (χ0v) is 10.6. The van der Waals surface area contributed by atoms with Crippen molar-refractivity contribution >= 4 is 11.8 Å². The molecule has 2 aromatic rings. The Morgan fingerprint density at radius 2 is 2.12 bits per heavy atom. The number of aliphatic hydroxyl groups excluding tert-OH is 1. The summed E-state index contributed by atoms with van der Waals surface area (Å²) in [4.78, 5) is 1.27. The lowest BCUT2D eigenvalue weighted by molar-refractivity contribution is 0.199. The van der Waals surface area contributed by atoms with Crippen LogP contribution in [-0.4, -0.2) is 20.6 Å². The van der Waals surface area contributed by atoms with Crippen molar-refractivity contribution in [3.05, 3.63) is 48.3 Å². The molecule has 1 heterocycles. The molecule has 2 rings (SSSR count). The average Bonchev–Trinajstić information content (AvgIpc) is 2.79. The summed E-state index contributed by atoms with van der Waals surface area (Å²) in [5.74, 6) is 0.977. The lowest BCUT2D eigenvalue weighted by atomic mass is 10.2. The van der Waals surface area contributed by atoms with Crippen LogP contribution in [0.4, 0.5) is 0 Å². The van der Waals surface area contributed by atoms with Gasteiger partial charge >= 0.3 is 0 Å². The van der Waals surface area contributed by atoms with Crippen molar-refractivity contribution < 1.29 is 5.11 Å². The van der Waals surface area contributed by atoms with Gasteiger partial charge < -0.3 is 5.11 Å². The molecular weight excluding hydrogens is 232 g/mol. The van der Waals surface area contributed by atoms with Crippen molar-refractivity contribution in [2.75, 3.05) is 5.75 Å². The Hall–Kier alpha value is -1.26. The van der Waals surface area contributed by atoms with E-state index in [4.69, 9.17) is 0 Å². The molecular formula is C13H16N2OS. The van der Waals surface area contributed by atoms with E-state index in [1.165, 1.54) is 4.90 Å². The topological polar surface area (TPSA) is 38.1 Å². The van der Waals surface area contributed by atoms with Crippen LogP contribution in [0, 0.1) is 0 Å². The Labute approximate surface area is 105 Å². The minimum absolute atomic E-state index is 0.439. The molecule has 0 fully saturated rings. The number of aromatic nitrogens is 2. The van der Waals surface area contributed by atoms with Gasteiger partial charge in [-0.25, -0.2) is 0 Å². The second-order valence-electron chi connectivity index (χ2n) is 3.87. The fourth-order valence-electron chi connectivity index (χ4n) is 1.49. The summed E-state index contributed by atoms with van der Waals surface area (Å²) in [7, 11) is 0. The van der Waals surface area contributed by atoms with Crippen molar-refractivity contribution in [3.8, 4) is 0 Å². The largest absolute Gasteiger partial charge is 0.389 e. The molecule has 0 bridgehead atoms. The number of benzene rings is 1. The number of aliphatic hydroxyl groups is 1. The van der Waals surface area contributed by atoms with E-state index in [-0.39, 0.29) is 0 Å². The maximum Gasteiger partial charge on any atom is 0.0792 e. The number of nitrogens with zero attached hydrogens (tertiary/aromatic N) is 2. The first-order valence-corrected chi connectivity index (χ1v) is 6.62. The summed E-state index contributed by atoms with van der Waals surface area (Å²) >= 11 is 1.81. The maximum atomic E-state index is 9.38. The van der Waals surface area contributed by atoms with Gasteiger partial charge in [-0.05, 0) is 19.1 Å². The molecule has 1 aromatic carbocycles. The van der Waals surface area contributed by atoms with Gasteiger partial charge in [-0.15, -0.1) is 11.8 Å². The molecule has 1 atom stereocenters. The van der Waals surface area contributed by atoms with Gasteiger partial charge in [0.2, 0.25) is 0 Å².